The number of aromatic nitrogens is 2. The largest absolute Gasteiger partial charge is 0.370 e. The van der Waals surface area contributed by atoms with Crippen molar-refractivity contribution < 1.29 is 9.53 Å². The summed E-state index contributed by atoms with van der Waals surface area (Å²) < 4.78 is 5.81. The van der Waals surface area contributed by atoms with Gasteiger partial charge >= 0.3 is 0 Å². The summed E-state index contributed by atoms with van der Waals surface area (Å²) in [5.74, 6) is 0.533. The third-order valence-corrected chi connectivity index (χ3v) is 4.68. The summed E-state index contributed by atoms with van der Waals surface area (Å²) in [5.41, 5.74) is 2.62. The van der Waals surface area contributed by atoms with E-state index in [-0.39, 0.29) is 12.0 Å². The van der Waals surface area contributed by atoms with Crippen LogP contribution in [0.1, 0.15) is 46.6 Å². The van der Waals surface area contributed by atoms with Crippen molar-refractivity contribution >= 4 is 17.5 Å². The van der Waals surface area contributed by atoms with Crippen molar-refractivity contribution in [1.29, 1.82) is 0 Å². The van der Waals surface area contributed by atoms with E-state index in [0.717, 1.165) is 11.3 Å². The van der Waals surface area contributed by atoms with Gasteiger partial charge in [0.2, 0.25) is 0 Å². The number of hydrogen-bond acceptors (Lipinski definition) is 3. The van der Waals surface area contributed by atoms with Crippen LogP contribution in [0, 0.1) is 0 Å². The third-order valence-electron chi connectivity index (χ3n) is 4.43. The summed E-state index contributed by atoms with van der Waals surface area (Å²) in [6.07, 6.45) is 2.25. The molecule has 0 bridgehead atoms. The van der Waals surface area contributed by atoms with Crippen LogP contribution in [0.15, 0.2) is 30.3 Å². The Morgan fingerprint density at radius 2 is 2.09 bits per heavy atom. The van der Waals surface area contributed by atoms with E-state index in [1.807, 2.05) is 35.2 Å². The maximum atomic E-state index is 12.7. The molecule has 0 radical (unpaired) electrons. The standard InChI is InChI=1S/C17H18ClN3O2/c18-13-5-3-12(4-6-13)16-10-21(7-8-23-16)17(22)15-9-14(19-20-15)11-1-2-11/h3-6,9,11,16H,1-2,7-8,10H2,(H,19,20)/t16-/m0/s1. The second-order valence-corrected chi connectivity index (χ2v) is 6.58. The molecule has 2 heterocycles. The predicted octanol–water partition coefficient (Wildman–Crippen LogP) is 3.15. The Labute approximate surface area is 139 Å². The minimum Gasteiger partial charge on any atom is -0.370 e. The number of halogens is 1. The number of nitrogens with one attached hydrogen (secondary N) is 1. The SMILES string of the molecule is O=C(c1cc(C2CC2)[nH]n1)N1CCO[C@H](c2ccc(Cl)cc2)C1. The quantitative estimate of drug-likeness (QED) is 0.940. The summed E-state index contributed by atoms with van der Waals surface area (Å²) in [6.45, 7) is 1.65. The van der Waals surface area contributed by atoms with Gasteiger partial charge in [0.1, 0.15) is 11.8 Å². The van der Waals surface area contributed by atoms with Crippen molar-refractivity contribution in [3.05, 3.63) is 52.3 Å². The highest BCUT2D eigenvalue weighted by Crippen LogP contribution is 2.39. The van der Waals surface area contributed by atoms with Crippen LogP contribution in [0.5, 0.6) is 0 Å². The predicted molar refractivity (Wildman–Crippen MR) is 86.6 cm³/mol. The van der Waals surface area contributed by atoms with Gasteiger partial charge in [-0.3, -0.25) is 9.89 Å². The molecule has 1 aliphatic carbocycles. The van der Waals surface area contributed by atoms with Crippen molar-refractivity contribution in [2.45, 2.75) is 24.9 Å². The van der Waals surface area contributed by atoms with Gasteiger partial charge in [-0.05, 0) is 36.6 Å². The van der Waals surface area contributed by atoms with Gasteiger partial charge in [0, 0.05) is 23.2 Å². The number of hydrogen-bond donors (Lipinski definition) is 1. The molecule has 23 heavy (non-hydrogen) atoms. The van der Waals surface area contributed by atoms with E-state index in [1.54, 1.807) is 0 Å². The number of carbonyl (C=O) groups excluding carboxylic acids is 1. The molecule has 0 spiro atoms. The topological polar surface area (TPSA) is 58.2 Å². The number of benzene rings is 1. The average Bonchev–Trinajstić information content (AvgIpc) is 3.32. The fraction of sp³-hybridized carbons (Fsp3) is 0.412. The Morgan fingerprint density at radius 3 is 2.83 bits per heavy atom. The summed E-state index contributed by atoms with van der Waals surface area (Å²) in [7, 11) is 0. The Balaban J connectivity index is 1.47. The first-order valence-corrected chi connectivity index (χ1v) is 8.30. The first-order valence-electron chi connectivity index (χ1n) is 7.92. The van der Waals surface area contributed by atoms with Crippen LogP contribution in [0.2, 0.25) is 5.02 Å². The van der Waals surface area contributed by atoms with Gasteiger partial charge in [-0.2, -0.15) is 5.10 Å². The second kappa shape index (κ2) is 5.98. The van der Waals surface area contributed by atoms with Crippen molar-refractivity contribution in [2.24, 2.45) is 0 Å². The maximum Gasteiger partial charge on any atom is 0.274 e. The number of aromatic amines is 1. The van der Waals surface area contributed by atoms with Crippen LogP contribution < -0.4 is 0 Å². The zero-order valence-corrected chi connectivity index (χ0v) is 13.4. The molecule has 1 aliphatic heterocycles. The van der Waals surface area contributed by atoms with Gasteiger partial charge in [0.15, 0.2) is 0 Å². The van der Waals surface area contributed by atoms with Crippen molar-refractivity contribution in [3.8, 4) is 0 Å². The molecule has 2 aromatic rings. The van der Waals surface area contributed by atoms with Crippen LogP contribution in [0.4, 0.5) is 0 Å². The number of ether oxygens (including phenoxy) is 1. The minimum absolute atomic E-state index is 0.0320. The Bertz CT molecular complexity index is 709. The summed E-state index contributed by atoms with van der Waals surface area (Å²) in [6, 6.07) is 9.47. The molecule has 2 aliphatic rings. The van der Waals surface area contributed by atoms with E-state index in [4.69, 9.17) is 16.3 Å². The molecule has 0 unspecified atom stereocenters. The molecule has 1 amide bonds. The molecule has 4 rings (SSSR count). The van der Waals surface area contributed by atoms with Crippen molar-refractivity contribution in [1.82, 2.24) is 15.1 Å². The Morgan fingerprint density at radius 1 is 1.30 bits per heavy atom. The van der Waals surface area contributed by atoms with Crippen LogP contribution in [0.25, 0.3) is 0 Å². The first-order chi connectivity index (χ1) is 11.2. The third kappa shape index (κ3) is 3.12. The number of H-pyrrole nitrogens is 1. The van der Waals surface area contributed by atoms with Crippen LogP contribution >= 0.6 is 11.6 Å². The van der Waals surface area contributed by atoms with E-state index >= 15 is 0 Å². The molecule has 1 N–H and O–H groups in total. The molecule has 1 aromatic heterocycles. The second-order valence-electron chi connectivity index (χ2n) is 6.14. The molecule has 1 saturated heterocycles. The van der Waals surface area contributed by atoms with Gasteiger partial charge < -0.3 is 9.64 Å². The van der Waals surface area contributed by atoms with Gasteiger partial charge in [-0.25, -0.2) is 0 Å². The number of nitrogens with zero attached hydrogens (tertiary/aromatic N) is 2. The lowest BCUT2D eigenvalue weighted by atomic mass is 10.1. The Hall–Kier alpha value is -1.85. The normalized spacial score (nSPS) is 21.4. The van der Waals surface area contributed by atoms with Gasteiger partial charge in [-0.15, -0.1) is 0 Å². The van der Waals surface area contributed by atoms with Gasteiger partial charge in [0.05, 0.1) is 13.2 Å². The maximum absolute atomic E-state index is 12.7. The summed E-state index contributed by atoms with van der Waals surface area (Å²) >= 11 is 5.93. The monoisotopic (exact) mass is 331 g/mol. The molecule has 1 aromatic carbocycles. The average molecular weight is 332 g/mol. The fourth-order valence-electron chi connectivity index (χ4n) is 2.92. The van der Waals surface area contributed by atoms with Crippen LogP contribution in [-0.4, -0.2) is 40.7 Å². The van der Waals surface area contributed by atoms with E-state index in [1.165, 1.54) is 12.8 Å². The zero-order valence-electron chi connectivity index (χ0n) is 12.7. The number of rotatable bonds is 3. The van der Waals surface area contributed by atoms with Gasteiger partial charge in [0.25, 0.3) is 5.91 Å². The molecule has 5 nitrogen and oxygen atoms in total. The lowest BCUT2D eigenvalue weighted by Crippen LogP contribution is -2.42. The molecule has 2 fully saturated rings. The number of amides is 1. The highest BCUT2D eigenvalue weighted by molar-refractivity contribution is 6.30. The molecular weight excluding hydrogens is 314 g/mol. The van der Waals surface area contributed by atoms with Gasteiger partial charge in [-0.1, -0.05) is 23.7 Å². The minimum atomic E-state index is -0.119. The van der Waals surface area contributed by atoms with Crippen molar-refractivity contribution in [3.63, 3.8) is 0 Å². The van der Waals surface area contributed by atoms with Crippen LogP contribution in [-0.2, 0) is 4.74 Å². The highest BCUT2D eigenvalue weighted by Gasteiger charge is 2.30. The lowest BCUT2D eigenvalue weighted by molar-refractivity contribution is -0.0230. The number of carbonyl (C=O) groups is 1. The van der Waals surface area contributed by atoms with Crippen LogP contribution in [0.3, 0.4) is 0 Å². The summed E-state index contributed by atoms with van der Waals surface area (Å²) in [5, 5.41) is 7.88. The van der Waals surface area contributed by atoms with E-state index < -0.39 is 0 Å². The van der Waals surface area contributed by atoms with E-state index in [0.29, 0.717) is 36.3 Å². The number of morpholine rings is 1. The highest BCUT2D eigenvalue weighted by atomic mass is 35.5. The molecule has 6 heteroatoms. The molecular formula is C17H18ClN3O2. The fourth-order valence-corrected chi connectivity index (χ4v) is 3.05. The molecule has 1 saturated carbocycles. The lowest BCUT2D eigenvalue weighted by Gasteiger charge is -2.32. The van der Waals surface area contributed by atoms with E-state index in [2.05, 4.69) is 10.2 Å². The van der Waals surface area contributed by atoms with E-state index in [9.17, 15) is 4.79 Å². The molecule has 120 valence electrons. The first kappa shape index (κ1) is 14.7. The smallest absolute Gasteiger partial charge is 0.274 e. The zero-order chi connectivity index (χ0) is 15.8. The molecule has 1 atom stereocenters. The Kier molecular flexibility index (Phi) is 3.83. The van der Waals surface area contributed by atoms with Crippen molar-refractivity contribution in [2.75, 3.05) is 19.7 Å². The summed E-state index contributed by atoms with van der Waals surface area (Å²) in [4.78, 5) is 14.5.